The van der Waals surface area contributed by atoms with Gasteiger partial charge < -0.3 is 15.2 Å². The summed E-state index contributed by atoms with van der Waals surface area (Å²) in [6.45, 7) is 3.57. The minimum absolute atomic E-state index is 0.478. The number of nitrogens with one attached hydrogen (secondary N) is 1. The van der Waals surface area contributed by atoms with Gasteiger partial charge in [0.05, 0.1) is 5.60 Å². The Hall–Kier alpha value is -2.62. The predicted molar refractivity (Wildman–Crippen MR) is 105 cm³/mol. The van der Waals surface area contributed by atoms with Crippen LogP contribution in [0.5, 0.6) is 5.75 Å². The summed E-state index contributed by atoms with van der Waals surface area (Å²) in [4.78, 5) is 0. The van der Waals surface area contributed by atoms with E-state index in [0.717, 1.165) is 23.4 Å². The van der Waals surface area contributed by atoms with Crippen LogP contribution < -0.4 is 10.1 Å². The molecular weight excluding hydrogens is 322 g/mol. The molecule has 0 aliphatic carbocycles. The summed E-state index contributed by atoms with van der Waals surface area (Å²) in [6, 6.07) is 27.9. The molecule has 3 heteroatoms. The maximum atomic E-state index is 10.8. The predicted octanol–water partition coefficient (Wildman–Crippen LogP) is 4.26. The molecular formula is C23H25NO2. The van der Waals surface area contributed by atoms with Gasteiger partial charge in [0.2, 0.25) is 0 Å². The molecule has 0 radical (unpaired) electrons. The molecule has 0 saturated carbocycles. The van der Waals surface area contributed by atoms with Crippen LogP contribution >= 0.6 is 0 Å². The van der Waals surface area contributed by atoms with Gasteiger partial charge in [-0.3, -0.25) is 0 Å². The van der Waals surface area contributed by atoms with Gasteiger partial charge >= 0.3 is 0 Å². The Morgan fingerprint density at radius 1 is 0.808 bits per heavy atom. The highest BCUT2D eigenvalue weighted by atomic mass is 16.5. The van der Waals surface area contributed by atoms with Crippen molar-refractivity contribution in [2.24, 2.45) is 0 Å². The zero-order valence-electron chi connectivity index (χ0n) is 15.1. The maximum Gasteiger partial charge on any atom is 0.119 e. The van der Waals surface area contributed by atoms with Gasteiger partial charge in [-0.15, -0.1) is 0 Å². The van der Waals surface area contributed by atoms with Gasteiger partial charge in [0, 0.05) is 13.1 Å². The number of benzene rings is 3. The molecule has 26 heavy (non-hydrogen) atoms. The molecule has 0 amide bonds. The normalized spacial score (nSPS) is 13.2. The van der Waals surface area contributed by atoms with Gasteiger partial charge in [0.25, 0.3) is 0 Å². The van der Waals surface area contributed by atoms with Crippen LogP contribution in [0.25, 0.3) is 0 Å². The van der Waals surface area contributed by atoms with Gasteiger partial charge in [0.1, 0.15) is 12.4 Å². The fraction of sp³-hybridized carbons (Fsp3) is 0.217. The van der Waals surface area contributed by atoms with Crippen molar-refractivity contribution in [1.29, 1.82) is 0 Å². The first kappa shape index (κ1) is 18.2. The van der Waals surface area contributed by atoms with Gasteiger partial charge in [-0.2, -0.15) is 0 Å². The van der Waals surface area contributed by atoms with Crippen molar-refractivity contribution in [3.05, 3.63) is 102 Å². The minimum atomic E-state index is -0.938. The first-order chi connectivity index (χ1) is 12.6. The molecule has 0 aliphatic rings. The van der Waals surface area contributed by atoms with E-state index in [-0.39, 0.29) is 0 Å². The van der Waals surface area contributed by atoms with Crippen LogP contribution in [0.2, 0.25) is 0 Å². The highest BCUT2D eigenvalue weighted by Gasteiger charge is 2.22. The molecule has 3 aromatic carbocycles. The number of rotatable bonds is 8. The fourth-order valence-corrected chi connectivity index (χ4v) is 2.80. The van der Waals surface area contributed by atoms with Crippen LogP contribution in [0.1, 0.15) is 23.6 Å². The third kappa shape index (κ3) is 5.19. The fourth-order valence-electron chi connectivity index (χ4n) is 2.80. The third-order valence-corrected chi connectivity index (χ3v) is 4.37. The lowest BCUT2D eigenvalue weighted by Gasteiger charge is -2.24. The second-order valence-corrected chi connectivity index (χ2v) is 6.66. The van der Waals surface area contributed by atoms with Gasteiger partial charge in [0.15, 0.2) is 0 Å². The smallest absolute Gasteiger partial charge is 0.119 e. The quantitative estimate of drug-likeness (QED) is 0.640. The molecule has 0 aliphatic heterocycles. The molecule has 1 unspecified atom stereocenters. The van der Waals surface area contributed by atoms with Crippen molar-refractivity contribution in [3.63, 3.8) is 0 Å². The highest BCUT2D eigenvalue weighted by Crippen LogP contribution is 2.23. The van der Waals surface area contributed by atoms with Gasteiger partial charge in [-0.05, 0) is 35.7 Å². The second kappa shape index (κ2) is 8.65. The van der Waals surface area contributed by atoms with Crippen molar-refractivity contribution < 1.29 is 9.84 Å². The van der Waals surface area contributed by atoms with Crippen molar-refractivity contribution >= 4 is 0 Å². The molecule has 3 aromatic rings. The zero-order valence-corrected chi connectivity index (χ0v) is 15.1. The average Bonchev–Trinajstić information content (AvgIpc) is 2.68. The van der Waals surface area contributed by atoms with Crippen LogP contribution in [0, 0.1) is 0 Å². The molecule has 0 bridgehead atoms. The van der Waals surface area contributed by atoms with Gasteiger partial charge in [-0.25, -0.2) is 0 Å². The monoisotopic (exact) mass is 347 g/mol. The Morgan fingerprint density at radius 3 is 2.00 bits per heavy atom. The maximum absolute atomic E-state index is 10.8. The SMILES string of the molecule is CC(O)(CNCc1ccccc1)c1ccc(OCc2ccccc2)cc1. The number of ether oxygens (including phenoxy) is 1. The van der Waals surface area contributed by atoms with E-state index in [9.17, 15) is 5.11 Å². The number of hydrogen-bond donors (Lipinski definition) is 2. The second-order valence-electron chi connectivity index (χ2n) is 6.66. The highest BCUT2D eigenvalue weighted by molar-refractivity contribution is 5.31. The van der Waals surface area contributed by atoms with Crippen LogP contribution in [-0.2, 0) is 18.8 Å². The van der Waals surface area contributed by atoms with Crippen molar-refractivity contribution in [2.75, 3.05) is 6.54 Å². The van der Waals surface area contributed by atoms with E-state index >= 15 is 0 Å². The van der Waals surface area contributed by atoms with Crippen LogP contribution in [0.4, 0.5) is 0 Å². The van der Waals surface area contributed by atoms with Crippen LogP contribution in [-0.4, -0.2) is 11.7 Å². The summed E-state index contributed by atoms with van der Waals surface area (Å²) in [5.74, 6) is 0.797. The molecule has 0 saturated heterocycles. The van der Waals surface area contributed by atoms with E-state index in [1.54, 1.807) is 0 Å². The van der Waals surface area contributed by atoms with E-state index in [1.807, 2.05) is 79.7 Å². The largest absolute Gasteiger partial charge is 0.489 e. The Balaban J connectivity index is 1.52. The number of hydrogen-bond acceptors (Lipinski definition) is 3. The summed E-state index contributed by atoms with van der Waals surface area (Å²) in [7, 11) is 0. The first-order valence-corrected chi connectivity index (χ1v) is 8.88. The summed E-state index contributed by atoms with van der Waals surface area (Å²) in [5.41, 5.74) is 2.26. The number of aliphatic hydroxyl groups is 1. The molecule has 0 fully saturated rings. The van der Waals surface area contributed by atoms with Crippen molar-refractivity contribution in [3.8, 4) is 5.75 Å². The molecule has 0 heterocycles. The molecule has 1 atom stereocenters. The Labute approximate surface area is 155 Å². The first-order valence-electron chi connectivity index (χ1n) is 8.88. The van der Waals surface area contributed by atoms with Crippen LogP contribution in [0.15, 0.2) is 84.9 Å². The molecule has 3 rings (SSSR count). The average molecular weight is 347 g/mol. The summed E-state index contributed by atoms with van der Waals surface area (Å²) >= 11 is 0. The lowest BCUT2D eigenvalue weighted by molar-refractivity contribution is 0.0566. The summed E-state index contributed by atoms with van der Waals surface area (Å²) < 4.78 is 5.80. The zero-order chi connectivity index (χ0) is 18.2. The van der Waals surface area contributed by atoms with E-state index < -0.39 is 5.60 Å². The lowest BCUT2D eigenvalue weighted by Crippen LogP contribution is -2.35. The van der Waals surface area contributed by atoms with Gasteiger partial charge in [-0.1, -0.05) is 72.8 Å². The van der Waals surface area contributed by atoms with E-state index in [2.05, 4.69) is 17.4 Å². The lowest BCUT2D eigenvalue weighted by atomic mass is 9.96. The topological polar surface area (TPSA) is 41.5 Å². The molecule has 134 valence electrons. The summed E-state index contributed by atoms with van der Waals surface area (Å²) in [6.07, 6.45) is 0. The summed E-state index contributed by atoms with van der Waals surface area (Å²) in [5, 5.41) is 14.1. The molecule has 0 aromatic heterocycles. The van der Waals surface area contributed by atoms with E-state index in [0.29, 0.717) is 13.2 Å². The van der Waals surface area contributed by atoms with Crippen LogP contribution in [0.3, 0.4) is 0 Å². The molecule has 3 nitrogen and oxygen atoms in total. The van der Waals surface area contributed by atoms with Crippen molar-refractivity contribution in [2.45, 2.75) is 25.7 Å². The third-order valence-electron chi connectivity index (χ3n) is 4.37. The Bertz CT molecular complexity index is 783. The Morgan fingerprint density at radius 2 is 1.38 bits per heavy atom. The standard InChI is InChI=1S/C23H25NO2/c1-23(25,18-24-16-19-8-4-2-5-9-19)21-12-14-22(15-13-21)26-17-20-10-6-3-7-11-20/h2-15,24-25H,16-18H2,1H3. The Kier molecular flexibility index (Phi) is 6.05. The molecule has 0 spiro atoms. The van der Waals surface area contributed by atoms with E-state index in [4.69, 9.17) is 4.74 Å². The van der Waals surface area contributed by atoms with E-state index in [1.165, 1.54) is 5.56 Å². The van der Waals surface area contributed by atoms with Crippen molar-refractivity contribution in [1.82, 2.24) is 5.32 Å². The molecule has 2 N–H and O–H groups in total. The minimum Gasteiger partial charge on any atom is -0.489 e.